The van der Waals surface area contributed by atoms with Gasteiger partial charge in [-0.2, -0.15) is 0 Å². The van der Waals surface area contributed by atoms with Crippen molar-refractivity contribution in [1.82, 2.24) is 0 Å². The molecule has 0 unspecified atom stereocenters. The van der Waals surface area contributed by atoms with Crippen molar-refractivity contribution in [3.8, 4) is 17.4 Å². The molecule has 0 aliphatic heterocycles. The summed E-state index contributed by atoms with van der Waals surface area (Å²) in [6, 6.07) is 4.19. The lowest BCUT2D eigenvalue weighted by Gasteiger charge is -2.06. The monoisotopic (exact) mass is 264 g/mol. The van der Waals surface area contributed by atoms with Gasteiger partial charge in [0, 0.05) is 23.9 Å². The van der Waals surface area contributed by atoms with Crippen molar-refractivity contribution in [2.24, 2.45) is 0 Å². The Bertz CT molecular complexity index is 685. The van der Waals surface area contributed by atoms with E-state index in [1.807, 2.05) is 0 Å². The van der Waals surface area contributed by atoms with Crippen LogP contribution in [0.15, 0.2) is 27.4 Å². The molecule has 0 fully saturated rings. The zero-order chi connectivity index (χ0) is 14.0. The standard InChI is InChI=1S/C13H12O6/c1-3-10(15)18-11-5-7-4-8(17-2)6-9(14)12(7)13(16)19-11/h4-6,14H,3H2,1-2H3. The number of rotatable bonds is 3. The Morgan fingerprint density at radius 3 is 2.74 bits per heavy atom. The van der Waals surface area contributed by atoms with Crippen LogP contribution in [0, 0.1) is 0 Å². The molecule has 1 N–H and O–H groups in total. The topological polar surface area (TPSA) is 86.0 Å². The number of phenolic OH excluding ortho intramolecular Hbond substituents is 1. The summed E-state index contributed by atoms with van der Waals surface area (Å²) in [4.78, 5) is 22.9. The van der Waals surface area contributed by atoms with Gasteiger partial charge in [-0.05, 0) is 6.07 Å². The number of esters is 1. The lowest BCUT2D eigenvalue weighted by atomic mass is 10.1. The van der Waals surface area contributed by atoms with Crippen molar-refractivity contribution >= 4 is 16.7 Å². The number of carbonyl (C=O) groups excluding carboxylic acids is 1. The zero-order valence-corrected chi connectivity index (χ0v) is 10.4. The Morgan fingerprint density at radius 1 is 1.37 bits per heavy atom. The molecule has 0 amide bonds. The van der Waals surface area contributed by atoms with Gasteiger partial charge >= 0.3 is 11.6 Å². The fourth-order valence-electron chi connectivity index (χ4n) is 1.61. The first-order valence-electron chi connectivity index (χ1n) is 5.60. The van der Waals surface area contributed by atoms with Crippen molar-refractivity contribution in [3.05, 3.63) is 28.6 Å². The Hall–Kier alpha value is -2.50. The molecule has 0 saturated heterocycles. The fourth-order valence-corrected chi connectivity index (χ4v) is 1.61. The molecule has 0 spiro atoms. The number of hydrogen-bond acceptors (Lipinski definition) is 6. The van der Waals surface area contributed by atoms with Gasteiger partial charge in [0.1, 0.15) is 16.9 Å². The molecule has 0 radical (unpaired) electrons. The summed E-state index contributed by atoms with van der Waals surface area (Å²) in [5.74, 6) is -0.605. The molecule has 2 rings (SSSR count). The first-order valence-corrected chi connectivity index (χ1v) is 5.60. The SMILES string of the molecule is CCC(=O)Oc1cc2cc(OC)cc(O)c2c(=O)o1. The first kappa shape index (κ1) is 12.9. The van der Waals surface area contributed by atoms with Crippen LogP contribution in [-0.4, -0.2) is 18.2 Å². The van der Waals surface area contributed by atoms with Crippen LogP contribution in [0.1, 0.15) is 13.3 Å². The van der Waals surface area contributed by atoms with E-state index in [2.05, 4.69) is 0 Å². The first-order chi connectivity index (χ1) is 9.05. The van der Waals surface area contributed by atoms with Gasteiger partial charge in [-0.25, -0.2) is 4.79 Å². The minimum absolute atomic E-state index is 0.0112. The van der Waals surface area contributed by atoms with Crippen molar-refractivity contribution in [3.63, 3.8) is 0 Å². The lowest BCUT2D eigenvalue weighted by molar-refractivity contribution is -0.135. The average Bonchev–Trinajstić information content (AvgIpc) is 2.37. The third kappa shape index (κ3) is 2.52. The fraction of sp³-hybridized carbons (Fsp3) is 0.231. The molecule has 0 aliphatic rings. The van der Waals surface area contributed by atoms with Gasteiger partial charge in [0.2, 0.25) is 0 Å². The number of hydrogen-bond donors (Lipinski definition) is 1. The van der Waals surface area contributed by atoms with E-state index < -0.39 is 11.6 Å². The second kappa shape index (κ2) is 5.01. The Labute approximate surface area is 108 Å². The van der Waals surface area contributed by atoms with E-state index in [1.54, 1.807) is 6.92 Å². The Kier molecular flexibility index (Phi) is 3.41. The van der Waals surface area contributed by atoms with Crippen LogP contribution in [0.3, 0.4) is 0 Å². The quantitative estimate of drug-likeness (QED) is 0.851. The maximum atomic E-state index is 11.7. The molecule has 2 aromatic rings. The number of aromatic hydroxyl groups is 1. The molecule has 100 valence electrons. The largest absolute Gasteiger partial charge is 0.507 e. The Morgan fingerprint density at radius 2 is 2.11 bits per heavy atom. The number of fused-ring (bicyclic) bond motifs is 1. The van der Waals surface area contributed by atoms with E-state index in [0.29, 0.717) is 11.1 Å². The summed E-state index contributed by atoms with van der Waals surface area (Å²) < 4.78 is 14.6. The van der Waals surface area contributed by atoms with Gasteiger partial charge < -0.3 is 19.0 Å². The summed E-state index contributed by atoms with van der Waals surface area (Å²) in [5.41, 5.74) is -0.781. The van der Waals surface area contributed by atoms with E-state index in [-0.39, 0.29) is 23.5 Å². The number of methoxy groups -OCH3 is 1. The number of benzene rings is 1. The molecular weight excluding hydrogens is 252 g/mol. The molecule has 1 aromatic carbocycles. The predicted octanol–water partition coefficient (Wildman–Crippen LogP) is 1.82. The van der Waals surface area contributed by atoms with E-state index >= 15 is 0 Å². The predicted molar refractivity (Wildman–Crippen MR) is 66.6 cm³/mol. The number of phenols is 1. The Balaban J connectivity index is 2.61. The summed E-state index contributed by atoms with van der Waals surface area (Å²) >= 11 is 0. The van der Waals surface area contributed by atoms with E-state index in [0.717, 1.165) is 0 Å². The van der Waals surface area contributed by atoms with E-state index in [1.165, 1.54) is 25.3 Å². The smallest absolute Gasteiger partial charge is 0.350 e. The van der Waals surface area contributed by atoms with Gasteiger partial charge in [0.15, 0.2) is 0 Å². The van der Waals surface area contributed by atoms with Gasteiger partial charge in [-0.1, -0.05) is 6.92 Å². The van der Waals surface area contributed by atoms with Crippen LogP contribution in [-0.2, 0) is 4.79 Å². The molecule has 6 heteroatoms. The molecule has 0 saturated carbocycles. The summed E-state index contributed by atoms with van der Waals surface area (Å²) in [6.07, 6.45) is 0.158. The maximum Gasteiger partial charge on any atom is 0.350 e. The highest BCUT2D eigenvalue weighted by molar-refractivity contribution is 5.89. The third-order valence-electron chi connectivity index (χ3n) is 2.53. The molecule has 1 aromatic heterocycles. The van der Waals surface area contributed by atoms with Crippen molar-refractivity contribution < 1.29 is 23.8 Å². The van der Waals surface area contributed by atoms with Crippen LogP contribution in [0.5, 0.6) is 17.4 Å². The lowest BCUT2D eigenvalue weighted by Crippen LogP contribution is -2.08. The molecule has 0 bridgehead atoms. The van der Waals surface area contributed by atoms with Crippen molar-refractivity contribution in [2.45, 2.75) is 13.3 Å². The van der Waals surface area contributed by atoms with Crippen molar-refractivity contribution in [2.75, 3.05) is 7.11 Å². The highest BCUT2D eigenvalue weighted by Crippen LogP contribution is 2.29. The van der Waals surface area contributed by atoms with Gasteiger partial charge in [0.25, 0.3) is 5.95 Å². The minimum Gasteiger partial charge on any atom is -0.507 e. The second-order valence-corrected chi connectivity index (χ2v) is 3.79. The third-order valence-corrected chi connectivity index (χ3v) is 2.53. The molecule has 0 atom stereocenters. The molecule has 0 aliphatic carbocycles. The number of ether oxygens (including phenoxy) is 2. The van der Waals surface area contributed by atoms with Crippen LogP contribution in [0.2, 0.25) is 0 Å². The molecular formula is C13H12O6. The normalized spacial score (nSPS) is 10.4. The van der Waals surface area contributed by atoms with E-state index in [4.69, 9.17) is 13.9 Å². The second-order valence-electron chi connectivity index (χ2n) is 3.79. The van der Waals surface area contributed by atoms with Gasteiger partial charge in [0.05, 0.1) is 7.11 Å². The van der Waals surface area contributed by atoms with E-state index in [9.17, 15) is 14.7 Å². The average molecular weight is 264 g/mol. The molecule has 19 heavy (non-hydrogen) atoms. The maximum absolute atomic E-state index is 11.7. The minimum atomic E-state index is -0.781. The highest BCUT2D eigenvalue weighted by Gasteiger charge is 2.13. The molecule has 1 heterocycles. The molecule has 6 nitrogen and oxygen atoms in total. The van der Waals surface area contributed by atoms with Crippen LogP contribution in [0.25, 0.3) is 10.8 Å². The highest BCUT2D eigenvalue weighted by atomic mass is 16.6. The zero-order valence-electron chi connectivity index (χ0n) is 10.4. The van der Waals surface area contributed by atoms with Crippen LogP contribution in [0.4, 0.5) is 0 Å². The van der Waals surface area contributed by atoms with Crippen LogP contribution >= 0.6 is 0 Å². The van der Waals surface area contributed by atoms with Crippen LogP contribution < -0.4 is 15.1 Å². The van der Waals surface area contributed by atoms with Crippen molar-refractivity contribution in [1.29, 1.82) is 0 Å². The summed E-state index contributed by atoms with van der Waals surface area (Å²) in [6.45, 7) is 1.62. The van der Waals surface area contributed by atoms with Gasteiger partial charge in [-0.15, -0.1) is 0 Å². The summed E-state index contributed by atoms with van der Waals surface area (Å²) in [7, 11) is 1.43. The summed E-state index contributed by atoms with van der Waals surface area (Å²) in [5, 5.41) is 10.1. The number of carbonyl (C=O) groups is 1. The van der Waals surface area contributed by atoms with Gasteiger partial charge in [-0.3, -0.25) is 4.79 Å².